The normalized spacial score (nSPS) is 23.4. The lowest BCUT2D eigenvalue weighted by molar-refractivity contribution is -0.136. The second-order valence-corrected chi connectivity index (χ2v) is 6.10. The number of rotatable bonds is 5. The molecule has 7 nitrogen and oxygen atoms in total. The fourth-order valence-electron chi connectivity index (χ4n) is 3.16. The van der Waals surface area contributed by atoms with Crippen LogP contribution in [0.15, 0.2) is 0 Å². The van der Waals surface area contributed by atoms with Gasteiger partial charge in [0.05, 0.1) is 19.8 Å². The van der Waals surface area contributed by atoms with Crippen LogP contribution in [0.25, 0.3) is 0 Å². The number of nitrogens with one attached hydrogen (secondary N) is 1. The Balaban J connectivity index is 1.82. The molecule has 2 aliphatic rings. The minimum absolute atomic E-state index is 0.126. The molecule has 23 heavy (non-hydrogen) atoms. The third-order valence-electron chi connectivity index (χ3n) is 4.59. The standard InChI is InChI=1S/C16H30N4O3/c1-3-19(4-2)15(21)12-18-7-5-8-20(10-9-18)16(22)14-13-23-11-6-17-14/h14,17H,3-13H2,1-2H3. The molecule has 2 saturated heterocycles. The molecule has 1 N–H and O–H groups in total. The van der Waals surface area contributed by atoms with Crippen molar-refractivity contribution in [2.75, 3.05) is 65.6 Å². The molecule has 0 bridgehead atoms. The molecule has 1 unspecified atom stereocenters. The van der Waals surface area contributed by atoms with E-state index in [0.717, 1.165) is 45.7 Å². The van der Waals surface area contributed by atoms with Crippen molar-refractivity contribution in [3.63, 3.8) is 0 Å². The van der Waals surface area contributed by atoms with Gasteiger partial charge in [-0.25, -0.2) is 0 Å². The van der Waals surface area contributed by atoms with E-state index in [1.165, 1.54) is 0 Å². The quantitative estimate of drug-likeness (QED) is 0.729. The molecule has 2 aliphatic heterocycles. The Hall–Kier alpha value is -1.18. The lowest BCUT2D eigenvalue weighted by Crippen LogP contribution is -2.53. The molecule has 7 heteroatoms. The first kappa shape index (κ1) is 18.2. The summed E-state index contributed by atoms with van der Waals surface area (Å²) in [6, 6.07) is -0.215. The largest absolute Gasteiger partial charge is 0.378 e. The number of nitrogens with zero attached hydrogens (tertiary/aromatic N) is 3. The zero-order chi connectivity index (χ0) is 16.7. The smallest absolute Gasteiger partial charge is 0.242 e. The molecule has 0 aromatic carbocycles. The number of morpholine rings is 1. The summed E-state index contributed by atoms with van der Waals surface area (Å²) in [5, 5.41) is 3.22. The number of carbonyl (C=O) groups excluding carboxylic acids is 2. The van der Waals surface area contributed by atoms with Gasteiger partial charge in [0.2, 0.25) is 11.8 Å². The van der Waals surface area contributed by atoms with Crippen LogP contribution in [0.4, 0.5) is 0 Å². The molecule has 2 amide bonds. The molecule has 2 heterocycles. The van der Waals surface area contributed by atoms with Gasteiger partial charge in [-0.15, -0.1) is 0 Å². The van der Waals surface area contributed by atoms with E-state index in [-0.39, 0.29) is 17.9 Å². The molecule has 0 radical (unpaired) electrons. The number of hydrogen-bond donors (Lipinski definition) is 1. The molecule has 2 fully saturated rings. The van der Waals surface area contributed by atoms with Crippen molar-refractivity contribution in [3.05, 3.63) is 0 Å². The van der Waals surface area contributed by atoms with Crippen LogP contribution in [0, 0.1) is 0 Å². The van der Waals surface area contributed by atoms with Crippen molar-refractivity contribution in [1.82, 2.24) is 20.0 Å². The summed E-state index contributed by atoms with van der Waals surface area (Å²) >= 11 is 0. The summed E-state index contributed by atoms with van der Waals surface area (Å²) in [4.78, 5) is 30.7. The van der Waals surface area contributed by atoms with Crippen LogP contribution >= 0.6 is 0 Å². The summed E-state index contributed by atoms with van der Waals surface area (Å²) in [6.45, 7) is 10.9. The first-order chi connectivity index (χ1) is 11.2. The first-order valence-electron chi connectivity index (χ1n) is 8.75. The van der Waals surface area contributed by atoms with Crippen LogP contribution in [-0.4, -0.2) is 98.1 Å². The van der Waals surface area contributed by atoms with E-state index in [0.29, 0.717) is 26.3 Å². The van der Waals surface area contributed by atoms with Crippen molar-refractivity contribution >= 4 is 11.8 Å². The summed E-state index contributed by atoms with van der Waals surface area (Å²) < 4.78 is 5.38. The van der Waals surface area contributed by atoms with Gasteiger partial charge in [-0.3, -0.25) is 14.5 Å². The zero-order valence-corrected chi connectivity index (χ0v) is 14.4. The monoisotopic (exact) mass is 326 g/mol. The second-order valence-electron chi connectivity index (χ2n) is 6.10. The highest BCUT2D eigenvalue weighted by Gasteiger charge is 2.28. The Bertz CT molecular complexity index is 395. The summed E-state index contributed by atoms with van der Waals surface area (Å²) in [6.07, 6.45) is 0.908. The van der Waals surface area contributed by atoms with E-state index in [1.807, 2.05) is 23.6 Å². The summed E-state index contributed by atoms with van der Waals surface area (Å²) in [5.74, 6) is 0.304. The van der Waals surface area contributed by atoms with Crippen molar-refractivity contribution < 1.29 is 14.3 Å². The van der Waals surface area contributed by atoms with Crippen LogP contribution < -0.4 is 5.32 Å². The molecule has 0 aliphatic carbocycles. The Kier molecular flexibility index (Phi) is 7.26. The van der Waals surface area contributed by atoms with Gasteiger partial charge in [-0.05, 0) is 20.3 Å². The molecule has 0 spiro atoms. The van der Waals surface area contributed by atoms with Crippen LogP contribution in [0.5, 0.6) is 0 Å². The predicted octanol–water partition coefficient (Wildman–Crippen LogP) is -0.622. The van der Waals surface area contributed by atoms with Crippen molar-refractivity contribution in [3.8, 4) is 0 Å². The van der Waals surface area contributed by atoms with Gasteiger partial charge in [-0.1, -0.05) is 0 Å². The molecule has 0 aromatic heterocycles. The van der Waals surface area contributed by atoms with E-state index in [4.69, 9.17) is 4.74 Å². The molecular weight excluding hydrogens is 296 g/mol. The molecule has 2 rings (SSSR count). The molecule has 0 aromatic rings. The third-order valence-corrected chi connectivity index (χ3v) is 4.59. The van der Waals surface area contributed by atoms with Gasteiger partial charge in [0.25, 0.3) is 0 Å². The van der Waals surface area contributed by atoms with Gasteiger partial charge >= 0.3 is 0 Å². The van der Waals surface area contributed by atoms with E-state index >= 15 is 0 Å². The lowest BCUT2D eigenvalue weighted by Gasteiger charge is -2.29. The number of likely N-dealkylation sites (N-methyl/N-ethyl adjacent to an activating group) is 1. The van der Waals surface area contributed by atoms with Crippen LogP contribution in [0.3, 0.4) is 0 Å². The Morgan fingerprint density at radius 1 is 1.17 bits per heavy atom. The lowest BCUT2D eigenvalue weighted by atomic mass is 10.2. The summed E-state index contributed by atoms with van der Waals surface area (Å²) in [5.41, 5.74) is 0. The molecule has 0 saturated carbocycles. The van der Waals surface area contributed by atoms with Gasteiger partial charge in [-0.2, -0.15) is 0 Å². The van der Waals surface area contributed by atoms with Crippen molar-refractivity contribution in [2.45, 2.75) is 26.3 Å². The fourth-order valence-corrected chi connectivity index (χ4v) is 3.16. The number of hydrogen-bond acceptors (Lipinski definition) is 5. The second kappa shape index (κ2) is 9.20. The van der Waals surface area contributed by atoms with E-state index < -0.39 is 0 Å². The topological polar surface area (TPSA) is 65.1 Å². The maximum atomic E-state index is 12.5. The van der Waals surface area contributed by atoms with Crippen LogP contribution in [-0.2, 0) is 14.3 Å². The van der Waals surface area contributed by atoms with Crippen LogP contribution in [0.2, 0.25) is 0 Å². The highest BCUT2D eigenvalue weighted by Crippen LogP contribution is 2.07. The SMILES string of the molecule is CCN(CC)C(=O)CN1CCCN(C(=O)C2COCCN2)CC1. The minimum Gasteiger partial charge on any atom is -0.378 e. The summed E-state index contributed by atoms with van der Waals surface area (Å²) in [7, 11) is 0. The molecule has 132 valence electrons. The average molecular weight is 326 g/mol. The first-order valence-corrected chi connectivity index (χ1v) is 8.75. The molecular formula is C16H30N4O3. The number of carbonyl (C=O) groups is 2. The maximum Gasteiger partial charge on any atom is 0.242 e. The van der Waals surface area contributed by atoms with Crippen molar-refractivity contribution in [1.29, 1.82) is 0 Å². The fraction of sp³-hybridized carbons (Fsp3) is 0.875. The Morgan fingerprint density at radius 2 is 1.96 bits per heavy atom. The van der Waals surface area contributed by atoms with Gasteiger partial charge in [0.15, 0.2) is 0 Å². The zero-order valence-electron chi connectivity index (χ0n) is 14.4. The highest BCUT2D eigenvalue weighted by molar-refractivity contribution is 5.82. The predicted molar refractivity (Wildman–Crippen MR) is 88.2 cm³/mol. The van der Waals surface area contributed by atoms with Gasteiger partial charge in [0.1, 0.15) is 6.04 Å². The van der Waals surface area contributed by atoms with Gasteiger partial charge < -0.3 is 19.9 Å². The Morgan fingerprint density at radius 3 is 2.61 bits per heavy atom. The van der Waals surface area contributed by atoms with Crippen molar-refractivity contribution in [2.24, 2.45) is 0 Å². The van der Waals surface area contributed by atoms with E-state index in [1.54, 1.807) is 0 Å². The van der Waals surface area contributed by atoms with E-state index in [9.17, 15) is 9.59 Å². The highest BCUT2D eigenvalue weighted by atomic mass is 16.5. The number of ether oxygens (including phenoxy) is 1. The third kappa shape index (κ3) is 5.16. The average Bonchev–Trinajstić information content (AvgIpc) is 2.82. The van der Waals surface area contributed by atoms with Crippen LogP contribution in [0.1, 0.15) is 20.3 Å². The minimum atomic E-state index is -0.215. The van der Waals surface area contributed by atoms with E-state index in [2.05, 4.69) is 10.2 Å². The molecule has 1 atom stereocenters. The van der Waals surface area contributed by atoms with Gasteiger partial charge in [0, 0.05) is 45.8 Å². The number of amides is 2. The maximum absolute atomic E-state index is 12.5. The Labute approximate surface area is 138 Å².